The maximum Gasteiger partial charge on any atom is 0.412 e. The van der Waals surface area contributed by atoms with Crippen molar-refractivity contribution in [2.24, 2.45) is 5.92 Å². The van der Waals surface area contributed by atoms with Gasteiger partial charge in [0.2, 0.25) is 0 Å². The summed E-state index contributed by atoms with van der Waals surface area (Å²) in [5.41, 5.74) is -0.795. The van der Waals surface area contributed by atoms with Gasteiger partial charge in [-0.25, -0.2) is 0 Å². The van der Waals surface area contributed by atoms with E-state index in [4.69, 9.17) is 5.11 Å². The van der Waals surface area contributed by atoms with E-state index in [1.54, 1.807) is 0 Å². The summed E-state index contributed by atoms with van der Waals surface area (Å²) < 4.78 is 35.6. The van der Waals surface area contributed by atoms with Crippen molar-refractivity contribution < 1.29 is 18.3 Å². The third kappa shape index (κ3) is 1.56. The number of halogens is 3. The topological polar surface area (TPSA) is 20.2 Å². The maximum atomic E-state index is 11.9. The van der Waals surface area contributed by atoms with Crippen molar-refractivity contribution in [2.45, 2.75) is 25.1 Å². The highest BCUT2D eigenvalue weighted by Gasteiger charge is 2.43. The Labute approximate surface area is 62.5 Å². The van der Waals surface area contributed by atoms with Crippen LogP contribution in [0.15, 0.2) is 12.2 Å². The van der Waals surface area contributed by atoms with Gasteiger partial charge in [0.15, 0.2) is 0 Å². The molecule has 64 valence electrons. The summed E-state index contributed by atoms with van der Waals surface area (Å²) in [4.78, 5) is 0. The van der Waals surface area contributed by atoms with E-state index in [9.17, 15) is 13.2 Å². The summed E-state index contributed by atoms with van der Waals surface area (Å²) in [5.74, 6) is -0.755. The van der Waals surface area contributed by atoms with Crippen molar-refractivity contribution in [1.82, 2.24) is 0 Å². The zero-order valence-electron chi connectivity index (χ0n) is 5.86. The molecule has 1 aliphatic rings. The average Bonchev–Trinajstić information content (AvgIpc) is 1.83. The summed E-state index contributed by atoms with van der Waals surface area (Å²) in [5, 5.41) is 8.88. The molecule has 1 fully saturated rings. The van der Waals surface area contributed by atoms with Crippen molar-refractivity contribution in [3.63, 3.8) is 0 Å². The van der Waals surface area contributed by atoms with Crippen LogP contribution in [0, 0.1) is 5.92 Å². The van der Waals surface area contributed by atoms with Gasteiger partial charge in [0.25, 0.3) is 0 Å². The van der Waals surface area contributed by atoms with Crippen LogP contribution in [0.3, 0.4) is 0 Å². The molecule has 0 saturated heterocycles. The van der Waals surface area contributed by atoms with Gasteiger partial charge in [0.1, 0.15) is 0 Å². The molecule has 1 nitrogen and oxygen atoms in total. The molecule has 0 heterocycles. The summed E-state index contributed by atoms with van der Waals surface area (Å²) in [6.45, 7) is 2.91. The van der Waals surface area contributed by atoms with E-state index in [1.807, 2.05) is 0 Å². The second kappa shape index (κ2) is 2.52. The van der Waals surface area contributed by atoms with Gasteiger partial charge < -0.3 is 5.11 Å². The molecular weight excluding hydrogens is 157 g/mol. The highest BCUT2D eigenvalue weighted by Crippen LogP contribution is 2.40. The van der Waals surface area contributed by atoms with Crippen LogP contribution < -0.4 is 0 Å². The molecule has 1 aliphatic carbocycles. The molecule has 2 unspecified atom stereocenters. The Bertz CT molecular complexity index is 173. The monoisotopic (exact) mass is 166 g/mol. The fourth-order valence-corrected chi connectivity index (χ4v) is 1.10. The van der Waals surface area contributed by atoms with Gasteiger partial charge in [-0.3, -0.25) is 0 Å². The third-order valence-corrected chi connectivity index (χ3v) is 2.05. The zero-order chi connectivity index (χ0) is 8.65. The SMILES string of the molecule is C=C(C1CCC1O)C(F)(F)F. The van der Waals surface area contributed by atoms with Gasteiger partial charge in [-0.15, -0.1) is 0 Å². The Morgan fingerprint density at radius 1 is 1.36 bits per heavy atom. The predicted octanol–water partition coefficient (Wildman–Crippen LogP) is 1.88. The number of hydrogen-bond donors (Lipinski definition) is 1. The quantitative estimate of drug-likeness (QED) is 0.589. The zero-order valence-corrected chi connectivity index (χ0v) is 5.86. The van der Waals surface area contributed by atoms with Crippen LogP contribution in [0.2, 0.25) is 0 Å². The van der Waals surface area contributed by atoms with Crippen molar-refractivity contribution in [1.29, 1.82) is 0 Å². The molecule has 0 aromatic carbocycles. The lowest BCUT2D eigenvalue weighted by molar-refractivity contribution is -0.113. The predicted molar refractivity (Wildman–Crippen MR) is 33.9 cm³/mol. The van der Waals surface area contributed by atoms with Crippen LogP contribution in [0.25, 0.3) is 0 Å². The van der Waals surface area contributed by atoms with E-state index in [-0.39, 0.29) is 0 Å². The Hall–Kier alpha value is -0.510. The van der Waals surface area contributed by atoms with Crippen LogP contribution in [0.4, 0.5) is 13.2 Å². The number of rotatable bonds is 1. The van der Waals surface area contributed by atoms with Crippen LogP contribution in [-0.2, 0) is 0 Å². The fraction of sp³-hybridized carbons (Fsp3) is 0.714. The second-order valence-electron chi connectivity index (χ2n) is 2.77. The highest BCUT2D eigenvalue weighted by atomic mass is 19.4. The number of aliphatic hydroxyl groups excluding tert-OH is 1. The summed E-state index contributed by atoms with van der Waals surface area (Å²) in [7, 11) is 0. The lowest BCUT2D eigenvalue weighted by atomic mass is 9.77. The lowest BCUT2D eigenvalue weighted by Crippen LogP contribution is -2.36. The molecule has 2 atom stereocenters. The molecule has 0 aromatic rings. The molecule has 1 N–H and O–H groups in total. The molecule has 0 aliphatic heterocycles. The molecule has 0 bridgehead atoms. The molecule has 1 saturated carbocycles. The Morgan fingerprint density at radius 2 is 1.91 bits per heavy atom. The second-order valence-corrected chi connectivity index (χ2v) is 2.77. The average molecular weight is 166 g/mol. The van der Waals surface area contributed by atoms with E-state index in [0.717, 1.165) is 0 Å². The molecule has 0 aromatic heterocycles. The van der Waals surface area contributed by atoms with Gasteiger partial charge in [-0.1, -0.05) is 6.58 Å². The minimum atomic E-state index is -4.34. The van der Waals surface area contributed by atoms with Gasteiger partial charge in [0, 0.05) is 11.5 Å². The largest absolute Gasteiger partial charge is 0.412 e. The molecule has 0 spiro atoms. The minimum absolute atomic E-state index is 0.402. The first-order valence-corrected chi connectivity index (χ1v) is 3.37. The Balaban J connectivity index is 2.55. The molecular formula is C7H9F3O. The van der Waals surface area contributed by atoms with Gasteiger partial charge in [-0.2, -0.15) is 13.2 Å². The minimum Gasteiger partial charge on any atom is -0.393 e. The van der Waals surface area contributed by atoms with Crippen LogP contribution >= 0.6 is 0 Å². The number of hydrogen-bond acceptors (Lipinski definition) is 1. The van der Waals surface area contributed by atoms with Gasteiger partial charge in [-0.05, 0) is 12.8 Å². The summed E-state index contributed by atoms with van der Waals surface area (Å²) in [6.07, 6.45) is -4.31. The van der Waals surface area contributed by atoms with E-state index in [2.05, 4.69) is 6.58 Å². The van der Waals surface area contributed by atoms with Gasteiger partial charge >= 0.3 is 6.18 Å². The fourth-order valence-electron chi connectivity index (χ4n) is 1.10. The third-order valence-electron chi connectivity index (χ3n) is 2.05. The Morgan fingerprint density at radius 3 is 2.00 bits per heavy atom. The van der Waals surface area contributed by atoms with E-state index >= 15 is 0 Å². The molecule has 0 amide bonds. The van der Waals surface area contributed by atoms with Crippen molar-refractivity contribution in [3.05, 3.63) is 12.2 Å². The van der Waals surface area contributed by atoms with Gasteiger partial charge in [0.05, 0.1) is 6.10 Å². The highest BCUT2D eigenvalue weighted by molar-refractivity contribution is 5.13. The molecule has 0 radical (unpaired) electrons. The summed E-state index contributed by atoms with van der Waals surface area (Å²) in [6, 6.07) is 0. The van der Waals surface area contributed by atoms with Crippen molar-refractivity contribution >= 4 is 0 Å². The normalized spacial score (nSPS) is 31.3. The van der Waals surface area contributed by atoms with E-state index in [1.165, 1.54) is 0 Å². The van der Waals surface area contributed by atoms with Crippen LogP contribution in [0.5, 0.6) is 0 Å². The first-order chi connectivity index (χ1) is 4.93. The lowest BCUT2D eigenvalue weighted by Gasteiger charge is -2.34. The molecule has 4 heteroatoms. The molecule has 11 heavy (non-hydrogen) atoms. The van der Waals surface area contributed by atoms with Crippen LogP contribution in [-0.4, -0.2) is 17.4 Å². The maximum absolute atomic E-state index is 11.9. The standard InChI is InChI=1S/C7H9F3O/c1-4(7(8,9)10)5-2-3-6(5)11/h5-6,11H,1-3H2. The Kier molecular flexibility index (Phi) is 1.96. The van der Waals surface area contributed by atoms with Crippen LogP contribution in [0.1, 0.15) is 12.8 Å². The van der Waals surface area contributed by atoms with E-state index < -0.39 is 23.8 Å². The number of alkyl halides is 3. The van der Waals surface area contributed by atoms with Crippen molar-refractivity contribution in [2.75, 3.05) is 0 Å². The number of aliphatic hydroxyl groups is 1. The summed E-state index contributed by atoms with van der Waals surface area (Å²) >= 11 is 0. The van der Waals surface area contributed by atoms with E-state index in [0.29, 0.717) is 12.8 Å². The first-order valence-electron chi connectivity index (χ1n) is 3.37. The van der Waals surface area contributed by atoms with Crippen molar-refractivity contribution in [3.8, 4) is 0 Å². The molecule has 1 rings (SSSR count). The first kappa shape index (κ1) is 8.59. The smallest absolute Gasteiger partial charge is 0.393 e.